The van der Waals surface area contributed by atoms with Gasteiger partial charge in [-0.05, 0) is 29.8 Å². The molecule has 0 radical (unpaired) electrons. The largest absolute Gasteiger partial charge is 0.332 e. The molecule has 3 aromatic rings. The maximum Gasteiger partial charge on any atom is 0.254 e. The number of nitrogens with one attached hydrogen (secondary N) is 2. The van der Waals surface area contributed by atoms with Crippen LogP contribution in [0.2, 0.25) is 10.0 Å². The number of thioether (sulfide) groups is 1. The number of halogens is 2. The molecule has 0 spiro atoms. The van der Waals surface area contributed by atoms with Gasteiger partial charge in [0, 0.05) is 18.4 Å². The van der Waals surface area contributed by atoms with Crippen LogP contribution in [0.25, 0.3) is 0 Å². The van der Waals surface area contributed by atoms with E-state index in [1.54, 1.807) is 37.4 Å². The predicted octanol–water partition coefficient (Wildman–Crippen LogP) is 4.11. The van der Waals surface area contributed by atoms with E-state index >= 15 is 0 Å². The summed E-state index contributed by atoms with van der Waals surface area (Å²) < 4.78 is 0. The van der Waals surface area contributed by atoms with E-state index in [0.717, 1.165) is 10.7 Å². The number of amides is 2. The first-order valence-corrected chi connectivity index (χ1v) is 10.2. The molecule has 0 unspecified atom stereocenters. The van der Waals surface area contributed by atoms with E-state index < -0.39 is 5.91 Å². The number of rotatable bonds is 7. The molecule has 0 atom stereocenters. The molecule has 2 amide bonds. The highest BCUT2D eigenvalue weighted by Gasteiger charge is 2.17. The summed E-state index contributed by atoms with van der Waals surface area (Å²) in [6, 6.07) is 12.1. The van der Waals surface area contributed by atoms with Gasteiger partial charge < -0.3 is 10.2 Å². The highest BCUT2D eigenvalue weighted by Crippen LogP contribution is 2.29. The molecule has 29 heavy (non-hydrogen) atoms. The lowest BCUT2D eigenvalue weighted by atomic mass is 10.1. The van der Waals surface area contributed by atoms with Crippen molar-refractivity contribution in [3.8, 4) is 0 Å². The summed E-state index contributed by atoms with van der Waals surface area (Å²) in [6.45, 7) is -0.135. The average molecular weight is 450 g/mol. The molecule has 0 saturated heterocycles. The van der Waals surface area contributed by atoms with E-state index in [9.17, 15) is 9.59 Å². The van der Waals surface area contributed by atoms with Crippen molar-refractivity contribution < 1.29 is 9.59 Å². The molecule has 10 heteroatoms. The number of aromatic amines is 1. The smallest absolute Gasteiger partial charge is 0.254 e. The second-order valence-corrected chi connectivity index (χ2v) is 7.86. The Bertz CT molecular complexity index is 976. The van der Waals surface area contributed by atoms with Crippen LogP contribution in [-0.4, -0.2) is 45.5 Å². The second kappa shape index (κ2) is 9.78. The third-order valence-electron chi connectivity index (χ3n) is 3.92. The topological polar surface area (TPSA) is 91.0 Å². The minimum absolute atomic E-state index is 0.135. The zero-order valence-electron chi connectivity index (χ0n) is 15.4. The first kappa shape index (κ1) is 21.2. The van der Waals surface area contributed by atoms with Crippen LogP contribution in [0.4, 0.5) is 5.69 Å². The number of carbonyl (C=O) groups excluding carboxylic acids is 2. The lowest BCUT2D eigenvalue weighted by Gasteiger charge is -2.17. The average Bonchev–Trinajstić information content (AvgIpc) is 3.23. The summed E-state index contributed by atoms with van der Waals surface area (Å²) >= 11 is 13.6. The van der Waals surface area contributed by atoms with Crippen molar-refractivity contribution in [3.63, 3.8) is 0 Å². The van der Waals surface area contributed by atoms with E-state index in [0.29, 0.717) is 27.0 Å². The first-order chi connectivity index (χ1) is 13.9. The summed E-state index contributed by atoms with van der Waals surface area (Å²) in [5.41, 5.74) is 1.86. The maximum absolute atomic E-state index is 12.6. The Balaban J connectivity index is 1.55. The van der Waals surface area contributed by atoms with Crippen molar-refractivity contribution in [2.45, 2.75) is 10.9 Å². The zero-order valence-corrected chi connectivity index (χ0v) is 17.7. The Morgan fingerprint density at radius 1 is 1.14 bits per heavy atom. The van der Waals surface area contributed by atoms with E-state index in [2.05, 4.69) is 20.5 Å². The number of para-hydroxylation sites is 1. The first-order valence-electron chi connectivity index (χ1n) is 8.50. The van der Waals surface area contributed by atoms with Crippen molar-refractivity contribution in [2.75, 3.05) is 18.9 Å². The molecule has 0 aliphatic rings. The Kier molecular flexibility index (Phi) is 7.13. The van der Waals surface area contributed by atoms with Crippen LogP contribution in [0, 0.1) is 0 Å². The molecule has 150 valence electrons. The maximum atomic E-state index is 12.6. The molecule has 2 N–H and O–H groups in total. The molecule has 7 nitrogen and oxygen atoms in total. The van der Waals surface area contributed by atoms with Gasteiger partial charge in [0.2, 0.25) is 5.91 Å². The Labute approximate surface area is 181 Å². The number of nitrogens with zero attached hydrogens (tertiary/aromatic N) is 3. The number of aromatic nitrogens is 3. The molecule has 3 rings (SSSR count). The number of anilines is 1. The van der Waals surface area contributed by atoms with Crippen molar-refractivity contribution in [3.05, 3.63) is 70.0 Å². The van der Waals surface area contributed by atoms with Gasteiger partial charge in [0.1, 0.15) is 6.33 Å². The van der Waals surface area contributed by atoms with Crippen molar-refractivity contribution in [2.24, 2.45) is 0 Å². The number of likely N-dealkylation sites (N-methyl/N-ethyl adjacent to an activating group) is 1. The third-order valence-corrected chi connectivity index (χ3v) is 5.50. The van der Waals surface area contributed by atoms with Crippen LogP contribution in [0.15, 0.2) is 53.9 Å². The van der Waals surface area contributed by atoms with Gasteiger partial charge in [-0.15, -0.1) is 0 Å². The number of carbonyl (C=O) groups is 2. The Morgan fingerprint density at radius 2 is 1.83 bits per heavy atom. The van der Waals surface area contributed by atoms with Gasteiger partial charge in [-0.1, -0.05) is 53.2 Å². The highest BCUT2D eigenvalue weighted by molar-refractivity contribution is 7.98. The Morgan fingerprint density at radius 3 is 2.45 bits per heavy atom. The highest BCUT2D eigenvalue weighted by atomic mass is 35.5. The minimum Gasteiger partial charge on any atom is -0.332 e. The number of hydrogen-bond acceptors (Lipinski definition) is 5. The van der Waals surface area contributed by atoms with E-state index in [4.69, 9.17) is 23.2 Å². The predicted molar refractivity (Wildman–Crippen MR) is 114 cm³/mol. The number of benzene rings is 2. The van der Waals surface area contributed by atoms with E-state index in [-0.39, 0.29) is 12.5 Å². The van der Waals surface area contributed by atoms with Gasteiger partial charge in [-0.2, -0.15) is 5.10 Å². The van der Waals surface area contributed by atoms with Crippen molar-refractivity contribution >= 4 is 52.5 Å². The van der Waals surface area contributed by atoms with Crippen LogP contribution in [0.1, 0.15) is 15.9 Å². The molecule has 0 fully saturated rings. The van der Waals surface area contributed by atoms with E-state index in [1.807, 2.05) is 12.1 Å². The van der Waals surface area contributed by atoms with E-state index in [1.165, 1.54) is 23.0 Å². The fraction of sp³-hybridized carbons (Fsp3) is 0.158. The molecule has 0 bridgehead atoms. The monoisotopic (exact) mass is 449 g/mol. The van der Waals surface area contributed by atoms with Crippen molar-refractivity contribution in [1.82, 2.24) is 20.1 Å². The van der Waals surface area contributed by atoms with Crippen LogP contribution in [-0.2, 0) is 10.5 Å². The molecule has 0 saturated carbocycles. The zero-order chi connectivity index (χ0) is 20.8. The summed E-state index contributed by atoms with van der Waals surface area (Å²) in [4.78, 5) is 30.2. The second-order valence-electron chi connectivity index (χ2n) is 6.08. The molecule has 1 aromatic heterocycles. The molecule has 0 aliphatic carbocycles. The number of H-pyrrole nitrogens is 1. The van der Waals surface area contributed by atoms with Crippen LogP contribution in [0.3, 0.4) is 0 Å². The van der Waals surface area contributed by atoms with Crippen LogP contribution >= 0.6 is 35.0 Å². The Hall–Kier alpha value is -2.55. The fourth-order valence-electron chi connectivity index (χ4n) is 2.46. The molecular weight excluding hydrogens is 433 g/mol. The molecule has 1 heterocycles. The lowest BCUT2D eigenvalue weighted by Crippen LogP contribution is -2.35. The minimum atomic E-state index is -0.393. The standard InChI is InChI=1S/C19H17Cl2N5O2S/c1-26(9-16(27)24-17-14(20)3-2-4-15(17)21)18(28)13-7-5-12(6-8-13)10-29-19-22-11-23-25-19/h2-8,11H,9-10H2,1H3,(H,24,27)(H,22,23,25). The van der Waals surface area contributed by atoms with Gasteiger partial charge in [-0.3, -0.25) is 14.7 Å². The SMILES string of the molecule is CN(CC(=O)Nc1c(Cl)cccc1Cl)C(=O)c1ccc(CSc2ncn[nH]2)cc1. The van der Waals surface area contributed by atoms with Gasteiger partial charge >= 0.3 is 0 Å². The van der Waals surface area contributed by atoms with Gasteiger partial charge in [0.25, 0.3) is 5.91 Å². The molecule has 2 aromatic carbocycles. The van der Waals surface area contributed by atoms with Gasteiger partial charge in [-0.25, -0.2) is 4.98 Å². The summed E-state index contributed by atoms with van der Waals surface area (Å²) in [5, 5.41) is 10.6. The van der Waals surface area contributed by atoms with Crippen LogP contribution < -0.4 is 5.32 Å². The molecule has 0 aliphatic heterocycles. The quantitative estimate of drug-likeness (QED) is 0.529. The normalized spacial score (nSPS) is 10.6. The lowest BCUT2D eigenvalue weighted by molar-refractivity contribution is -0.116. The fourth-order valence-corrected chi connectivity index (χ4v) is 3.69. The third kappa shape index (κ3) is 5.72. The van der Waals surface area contributed by atoms with Crippen molar-refractivity contribution in [1.29, 1.82) is 0 Å². The summed E-state index contributed by atoms with van der Waals surface area (Å²) in [6.07, 6.45) is 1.45. The number of hydrogen-bond donors (Lipinski definition) is 2. The van der Waals surface area contributed by atoms with Crippen LogP contribution in [0.5, 0.6) is 0 Å². The summed E-state index contributed by atoms with van der Waals surface area (Å²) in [5.74, 6) is 0.0383. The van der Waals surface area contributed by atoms with Gasteiger partial charge in [0.15, 0.2) is 5.16 Å². The van der Waals surface area contributed by atoms with Gasteiger partial charge in [0.05, 0.1) is 22.3 Å². The molecular formula is C19H17Cl2N5O2S. The summed E-state index contributed by atoms with van der Waals surface area (Å²) in [7, 11) is 1.56.